The van der Waals surface area contributed by atoms with Crippen LogP contribution in [0.25, 0.3) is 0 Å². The van der Waals surface area contributed by atoms with Crippen LogP contribution in [0.5, 0.6) is 0 Å². The molecule has 3 fully saturated rings. The summed E-state index contributed by atoms with van der Waals surface area (Å²) in [6.45, 7) is 4.41. The van der Waals surface area contributed by atoms with Gasteiger partial charge in [0.15, 0.2) is 5.13 Å². The highest BCUT2D eigenvalue weighted by atomic mass is 79.9. The number of rotatable bonds is 3. The molecule has 1 N–H and O–H groups in total. The lowest BCUT2D eigenvalue weighted by Gasteiger charge is -2.66. The second-order valence-corrected chi connectivity index (χ2v) is 11.0. The van der Waals surface area contributed by atoms with E-state index in [1.165, 1.54) is 11.3 Å². The van der Waals surface area contributed by atoms with Crippen LogP contribution in [0.2, 0.25) is 0 Å². The summed E-state index contributed by atoms with van der Waals surface area (Å²) in [5.74, 6) is 0.0908. The summed E-state index contributed by atoms with van der Waals surface area (Å²) in [5, 5.41) is 5.54. The first kappa shape index (κ1) is 15.4. The highest BCUT2D eigenvalue weighted by Crippen LogP contribution is 2.82. The molecular weight excluding hydrogens is 472 g/mol. The molecular formula is C13H15Br3N2OS. The lowest BCUT2D eigenvalue weighted by Crippen LogP contribution is -2.71. The summed E-state index contributed by atoms with van der Waals surface area (Å²) < 4.78 is 0.199. The topological polar surface area (TPSA) is 42.0 Å². The van der Waals surface area contributed by atoms with Gasteiger partial charge < -0.3 is 5.32 Å². The molecule has 0 aromatic carbocycles. The smallest absolute Gasteiger partial charge is 0.234 e. The van der Waals surface area contributed by atoms with Crippen molar-refractivity contribution in [2.45, 2.75) is 35.3 Å². The van der Waals surface area contributed by atoms with E-state index in [1.54, 1.807) is 6.20 Å². The van der Waals surface area contributed by atoms with E-state index in [9.17, 15) is 4.79 Å². The van der Waals surface area contributed by atoms with Crippen LogP contribution in [0, 0.1) is 16.2 Å². The molecule has 1 heterocycles. The molecule has 3 aliphatic carbocycles. The van der Waals surface area contributed by atoms with Gasteiger partial charge in [0.1, 0.15) is 0 Å². The van der Waals surface area contributed by atoms with Gasteiger partial charge in [0.25, 0.3) is 0 Å². The molecule has 0 spiro atoms. The average molecular weight is 487 g/mol. The Bertz CT molecular complexity index is 548. The van der Waals surface area contributed by atoms with E-state index in [-0.39, 0.29) is 30.7 Å². The molecule has 1 aromatic rings. The maximum atomic E-state index is 12.9. The molecule has 3 nitrogen and oxygen atoms in total. The van der Waals surface area contributed by atoms with Gasteiger partial charge in [-0.2, -0.15) is 0 Å². The number of aromatic nitrogens is 1. The number of carbonyl (C=O) groups excluding carboxylic acids is 1. The standard InChI is InChI=1S/C13H15Br3N2OS/c1-11(2)12(8(15)16)3-4-13(11,7(12)14)9(19)18-10-17-5-6-20-10/h5-8H,3-4H2,1-2H3,(H,17,18,19)/t7-,12+,13-/m1/s1. The minimum Gasteiger partial charge on any atom is -0.301 e. The predicted molar refractivity (Wildman–Crippen MR) is 93.0 cm³/mol. The Morgan fingerprint density at radius 2 is 2.20 bits per heavy atom. The molecule has 3 saturated carbocycles. The van der Waals surface area contributed by atoms with Crippen LogP contribution in [0.4, 0.5) is 5.13 Å². The predicted octanol–water partition coefficient (Wildman–Crippen LogP) is 4.77. The zero-order valence-corrected chi connectivity index (χ0v) is 16.7. The van der Waals surface area contributed by atoms with Gasteiger partial charge in [-0.15, -0.1) is 11.3 Å². The van der Waals surface area contributed by atoms with Crippen molar-refractivity contribution in [3.8, 4) is 0 Å². The Morgan fingerprint density at radius 1 is 1.50 bits per heavy atom. The molecule has 1 amide bonds. The summed E-state index contributed by atoms with van der Waals surface area (Å²) >= 11 is 12.6. The molecule has 1 aromatic heterocycles. The van der Waals surface area contributed by atoms with E-state index in [4.69, 9.17) is 0 Å². The van der Waals surface area contributed by atoms with Crippen LogP contribution in [0.3, 0.4) is 0 Å². The van der Waals surface area contributed by atoms with Crippen molar-refractivity contribution in [1.29, 1.82) is 0 Å². The summed E-state index contributed by atoms with van der Waals surface area (Å²) in [5.41, 5.74) is -0.376. The van der Waals surface area contributed by atoms with Gasteiger partial charge in [0.2, 0.25) is 5.91 Å². The Morgan fingerprint density at radius 3 is 2.65 bits per heavy atom. The number of carbonyl (C=O) groups is 1. The van der Waals surface area contributed by atoms with E-state index < -0.39 is 0 Å². The fourth-order valence-electron chi connectivity index (χ4n) is 4.19. The fraction of sp³-hybridized carbons (Fsp3) is 0.692. The maximum Gasteiger partial charge on any atom is 0.234 e. The minimum atomic E-state index is -0.363. The molecule has 7 heteroatoms. The normalized spacial score (nSPS) is 37.8. The number of hydrogen-bond acceptors (Lipinski definition) is 3. The Balaban J connectivity index is 1.93. The number of halogens is 3. The number of fused-ring (bicyclic) bond motifs is 1. The number of hydrogen-bond donors (Lipinski definition) is 1. The van der Waals surface area contributed by atoms with Gasteiger partial charge in [0.05, 0.1) is 9.15 Å². The summed E-state index contributed by atoms with van der Waals surface area (Å²) in [7, 11) is 0. The van der Waals surface area contributed by atoms with Gasteiger partial charge >= 0.3 is 0 Å². The van der Waals surface area contributed by atoms with Crippen molar-refractivity contribution in [3.63, 3.8) is 0 Å². The summed E-state index contributed by atoms with van der Waals surface area (Å²) in [6, 6.07) is 0. The molecule has 3 aliphatic rings. The second-order valence-electron chi connectivity index (χ2n) is 6.09. The quantitative estimate of drug-likeness (QED) is 0.625. The number of nitrogens with one attached hydrogen (secondary N) is 1. The minimum absolute atomic E-state index is 0.0627. The van der Waals surface area contributed by atoms with Crippen LogP contribution < -0.4 is 5.32 Å². The zero-order chi connectivity index (χ0) is 14.8. The van der Waals surface area contributed by atoms with Gasteiger partial charge in [0, 0.05) is 21.8 Å². The van der Waals surface area contributed by atoms with E-state index in [0.717, 1.165) is 12.8 Å². The number of nitrogens with zero attached hydrogens (tertiary/aromatic N) is 1. The van der Waals surface area contributed by atoms with Crippen molar-refractivity contribution in [1.82, 2.24) is 4.98 Å². The number of anilines is 1. The monoisotopic (exact) mass is 484 g/mol. The maximum absolute atomic E-state index is 12.9. The third kappa shape index (κ3) is 1.56. The Labute approximate surface area is 147 Å². The molecule has 3 atom stereocenters. The van der Waals surface area contributed by atoms with Crippen LogP contribution in [0.1, 0.15) is 26.7 Å². The Kier molecular flexibility index (Phi) is 3.68. The third-order valence-corrected chi connectivity index (χ3v) is 9.47. The molecule has 2 bridgehead atoms. The Hall–Kier alpha value is 0.540. The first-order chi connectivity index (χ1) is 9.30. The summed E-state index contributed by atoms with van der Waals surface area (Å²) in [6.07, 6.45) is 3.64. The second kappa shape index (κ2) is 4.77. The third-order valence-electron chi connectivity index (χ3n) is 5.54. The van der Waals surface area contributed by atoms with Crippen LogP contribution in [0.15, 0.2) is 11.6 Å². The van der Waals surface area contributed by atoms with Crippen molar-refractivity contribution in [3.05, 3.63) is 11.6 Å². The molecule has 0 saturated heterocycles. The average Bonchev–Trinajstić information content (AvgIpc) is 3.01. The van der Waals surface area contributed by atoms with Crippen LogP contribution in [-0.2, 0) is 4.79 Å². The largest absolute Gasteiger partial charge is 0.301 e. The van der Waals surface area contributed by atoms with Crippen LogP contribution >= 0.6 is 59.1 Å². The van der Waals surface area contributed by atoms with Crippen molar-refractivity contribution >= 4 is 70.2 Å². The molecule has 20 heavy (non-hydrogen) atoms. The number of amides is 1. The lowest BCUT2D eigenvalue weighted by molar-refractivity contribution is -0.155. The van der Waals surface area contributed by atoms with Gasteiger partial charge in [-0.3, -0.25) is 4.79 Å². The van der Waals surface area contributed by atoms with Crippen molar-refractivity contribution in [2.75, 3.05) is 5.32 Å². The molecule has 110 valence electrons. The number of thiazole rings is 1. The van der Waals surface area contributed by atoms with Gasteiger partial charge in [-0.1, -0.05) is 61.6 Å². The highest BCUT2D eigenvalue weighted by Gasteiger charge is 2.83. The molecule has 0 unspecified atom stereocenters. The van der Waals surface area contributed by atoms with Crippen molar-refractivity contribution < 1.29 is 4.79 Å². The fourth-order valence-corrected chi connectivity index (χ4v) is 9.63. The summed E-state index contributed by atoms with van der Waals surface area (Å²) in [4.78, 5) is 17.2. The lowest BCUT2D eigenvalue weighted by atomic mass is 9.43. The molecule has 0 aliphatic heterocycles. The first-order valence-corrected chi connectivity index (χ1v) is 10.1. The SMILES string of the molecule is CC1(C)[C@]2(C(=O)Nc3nccs3)CC[C@@]1(C(Br)Br)[C@H]2Br. The van der Waals surface area contributed by atoms with Gasteiger partial charge in [-0.05, 0) is 18.3 Å². The van der Waals surface area contributed by atoms with E-state index in [0.29, 0.717) is 5.13 Å². The van der Waals surface area contributed by atoms with E-state index >= 15 is 0 Å². The first-order valence-electron chi connectivity index (χ1n) is 6.44. The van der Waals surface area contributed by atoms with E-state index in [2.05, 4.69) is 71.9 Å². The molecule has 0 radical (unpaired) electrons. The number of alkyl halides is 3. The van der Waals surface area contributed by atoms with Crippen LogP contribution in [-0.4, -0.2) is 19.5 Å². The highest BCUT2D eigenvalue weighted by molar-refractivity contribution is 9.24. The van der Waals surface area contributed by atoms with E-state index in [1.807, 2.05) is 5.38 Å². The van der Waals surface area contributed by atoms with Gasteiger partial charge in [-0.25, -0.2) is 4.98 Å². The van der Waals surface area contributed by atoms with Crippen molar-refractivity contribution in [2.24, 2.45) is 16.2 Å². The molecule has 4 rings (SSSR count). The zero-order valence-electron chi connectivity index (χ0n) is 11.1.